The number of hydrogen-bond donors (Lipinski definition) is 1. The van der Waals surface area contributed by atoms with Crippen molar-refractivity contribution in [1.29, 1.82) is 0 Å². The second kappa shape index (κ2) is 5.14. The van der Waals surface area contributed by atoms with Crippen molar-refractivity contribution in [3.63, 3.8) is 0 Å². The molecule has 0 aromatic carbocycles. The van der Waals surface area contributed by atoms with Crippen molar-refractivity contribution in [2.45, 2.75) is 34.1 Å². The predicted octanol–water partition coefficient (Wildman–Crippen LogP) is 1.81. The van der Waals surface area contributed by atoms with Crippen LogP contribution >= 0.6 is 0 Å². The molecule has 1 rings (SSSR count). The van der Waals surface area contributed by atoms with Crippen LogP contribution in [0.15, 0.2) is 0 Å². The molecule has 0 atom stereocenters. The van der Waals surface area contributed by atoms with E-state index in [1.54, 1.807) is 4.68 Å². The average Bonchev–Trinajstić information content (AvgIpc) is 2.40. The number of aromatic nitrogens is 2. The summed E-state index contributed by atoms with van der Waals surface area (Å²) in [7, 11) is 1.85. The van der Waals surface area contributed by atoms with Gasteiger partial charge >= 0.3 is 0 Å². The van der Waals surface area contributed by atoms with E-state index in [0.29, 0.717) is 11.5 Å². The Morgan fingerprint density at radius 1 is 1.44 bits per heavy atom. The van der Waals surface area contributed by atoms with Crippen LogP contribution in [0.3, 0.4) is 0 Å². The van der Waals surface area contributed by atoms with E-state index in [4.69, 9.17) is 0 Å². The van der Waals surface area contributed by atoms with Crippen LogP contribution in [-0.4, -0.2) is 22.2 Å². The second-order valence-electron chi connectivity index (χ2n) is 4.61. The molecule has 1 N–H and O–H groups in total. The Morgan fingerprint density at radius 2 is 2.06 bits per heavy atom. The minimum absolute atomic E-state index is 0.0104. The molecule has 1 aromatic rings. The Balaban J connectivity index is 2.66. The minimum Gasteiger partial charge on any atom is -0.352 e. The van der Waals surface area contributed by atoms with Gasteiger partial charge in [0.15, 0.2) is 0 Å². The van der Waals surface area contributed by atoms with Crippen molar-refractivity contribution in [3.05, 3.63) is 17.0 Å². The highest BCUT2D eigenvalue weighted by atomic mass is 16.1. The summed E-state index contributed by atoms with van der Waals surface area (Å²) in [6.45, 7) is 8.80. The first-order valence-electron chi connectivity index (χ1n) is 5.72. The van der Waals surface area contributed by atoms with Gasteiger partial charge in [0, 0.05) is 19.3 Å². The molecule has 0 aliphatic rings. The van der Waals surface area contributed by atoms with E-state index >= 15 is 0 Å². The van der Waals surface area contributed by atoms with Crippen LogP contribution in [0.4, 0.5) is 0 Å². The van der Waals surface area contributed by atoms with Crippen LogP contribution in [0, 0.1) is 19.8 Å². The van der Waals surface area contributed by atoms with Gasteiger partial charge < -0.3 is 5.32 Å². The van der Waals surface area contributed by atoms with Gasteiger partial charge in [0.1, 0.15) is 0 Å². The lowest BCUT2D eigenvalue weighted by Gasteiger charge is -2.07. The third kappa shape index (κ3) is 2.84. The Kier molecular flexibility index (Phi) is 4.10. The van der Waals surface area contributed by atoms with Crippen LogP contribution in [0.1, 0.15) is 42.0 Å². The van der Waals surface area contributed by atoms with Gasteiger partial charge in [-0.1, -0.05) is 13.8 Å². The van der Waals surface area contributed by atoms with Gasteiger partial charge in [0.25, 0.3) is 5.91 Å². The molecular weight excluding hydrogens is 202 g/mol. The third-order valence-electron chi connectivity index (χ3n) is 2.74. The van der Waals surface area contributed by atoms with Gasteiger partial charge in [-0.2, -0.15) is 5.10 Å². The molecule has 0 bridgehead atoms. The molecule has 0 spiro atoms. The molecule has 4 nitrogen and oxygen atoms in total. The fourth-order valence-corrected chi connectivity index (χ4v) is 1.66. The normalized spacial score (nSPS) is 10.9. The summed E-state index contributed by atoms with van der Waals surface area (Å²) < 4.78 is 1.74. The van der Waals surface area contributed by atoms with E-state index in [9.17, 15) is 4.79 Å². The summed E-state index contributed by atoms with van der Waals surface area (Å²) in [5, 5.41) is 7.16. The highest BCUT2D eigenvalue weighted by molar-refractivity contribution is 5.96. The molecule has 1 heterocycles. The lowest BCUT2D eigenvalue weighted by atomic mass is 10.1. The van der Waals surface area contributed by atoms with Crippen LogP contribution in [0.2, 0.25) is 0 Å². The van der Waals surface area contributed by atoms with Gasteiger partial charge in [-0.15, -0.1) is 0 Å². The smallest absolute Gasteiger partial charge is 0.255 e. The third-order valence-corrected chi connectivity index (χ3v) is 2.74. The fraction of sp³-hybridized carbons (Fsp3) is 0.667. The van der Waals surface area contributed by atoms with Gasteiger partial charge in [0.05, 0.1) is 11.3 Å². The molecule has 16 heavy (non-hydrogen) atoms. The highest BCUT2D eigenvalue weighted by Gasteiger charge is 2.16. The molecular formula is C12H21N3O. The topological polar surface area (TPSA) is 46.9 Å². The first-order chi connectivity index (χ1) is 7.43. The summed E-state index contributed by atoms with van der Waals surface area (Å²) >= 11 is 0. The van der Waals surface area contributed by atoms with Crippen molar-refractivity contribution in [1.82, 2.24) is 15.1 Å². The molecule has 4 heteroatoms. The Hall–Kier alpha value is -1.32. The van der Waals surface area contributed by atoms with Crippen LogP contribution in [-0.2, 0) is 7.05 Å². The molecule has 0 unspecified atom stereocenters. The van der Waals surface area contributed by atoms with Crippen molar-refractivity contribution in [2.24, 2.45) is 13.0 Å². The second-order valence-corrected chi connectivity index (χ2v) is 4.61. The highest BCUT2D eigenvalue weighted by Crippen LogP contribution is 2.11. The maximum atomic E-state index is 11.9. The minimum atomic E-state index is -0.0104. The molecule has 0 aliphatic heterocycles. The standard InChI is InChI=1S/C12H21N3O/c1-8(2)6-7-13-12(16)11-9(3)14-15(5)10(11)4/h8H,6-7H2,1-5H3,(H,13,16). The Morgan fingerprint density at radius 3 is 2.50 bits per heavy atom. The van der Waals surface area contributed by atoms with E-state index in [1.165, 1.54) is 0 Å². The van der Waals surface area contributed by atoms with Crippen molar-refractivity contribution >= 4 is 5.91 Å². The van der Waals surface area contributed by atoms with Crippen LogP contribution < -0.4 is 5.32 Å². The number of carbonyl (C=O) groups is 1. The van der Waals surface area contributed by atoms with Crippen LogP contribution in [0.5, 0.6) is 0 Å². The number of rotatable bonds is 4. The SMILES string of the molecule is Cc1nn(C)c(C)c1C(=O)NCCC(C)C. The van der Waals surface area contributed by atoms with Crippen molar-refractivity contribution < 1.29 is 4.79 Å². The number of amides is 1. The Labute approximate surface area is 97.0 Å². The van der Waals surface area contributed by atoms with Crippen molar-refractivity contribution in [3.8, 4) is 0 Å². The number of nitrogens with one attached hydrogen (secondary N) is 1. The molecule has 1 aromatic heterocycles. The van der Waals surface area contributed by atoms with Gasteiger partial charge in [-0.3, -0.25) is 9.48 Å². The zero-order valence-corrected chi connectivity index (χ0v) is 10.8. The number of nitrogens with zero attached hydrogens (tertiary/aromatic N) is 2. The average molecular weight is 223 g/mol. The quantitative estimate of drug-likeness (QED) is 0.846. The largest absolute Gasteiger partial charge is 0.352 e. The number of aryl methyl sites for hydroxylation is 2. The zero-order chi connectivity index (χ0) is 12.3. The maximum absolute atomic E-state index is 11.9. The van der Waals surface area contributed by atoms with E-state index in [2.05, 4.69) is 24.3 Å². The molecule has 1 amide bonds. The fourth-order valence-electron chi connectivity index (χ4n) is 1.66. The summed E-state index contributed by atoms with van der Waals surface area (Å²) in [6.07, 6.45) is 1.00. The van der Waals surface area contributed by atoms with E-state index in [1.807, 2.05) is 20.9 Å². The maximum Gasteiger partial charge on any atom is 0.255 e. The zero-order valence-electron chi connectivity index (χ0n) is 10.8. The van der Waals surface area contributed by atoms with E-state index in [-0.39, 0.29) is 5.91 Å². The predicted molar refractivity (Wildman–Crippen MR) is 64.5 cm³/mol. The molecule has 0 saturated heterocycles. The number of carbonyl (C=O) groups excluding carboxylic acids is 1. The van der Waals surface area contributed by atoms with E-state index < -0.39 is 0 Å². The summed E-state index contributed by atoms with van der Waals surface area (Å²) in [6, 6.07) is 0. The lowest BCUT2D eigenvalue weighted by Crippen LogP contribution is -2.26. The van der Waals surface area contributed by atoms with E-state index in [0.717, 1.165) is 24.4 Å². The van der Waals surface area contributed by atoms with Gasteiger partial charge in [-0.25, -0.2) is 0 Å². The first kappa shape index (κ1) is 12.7. The van der Waals surface area contributed by atoms with Gasteiger partial charge in [-0.05, 0) is 26.2 Å². The van der Waals surface area contributed by atoms with Gasteiger partial charge in [0.2, 0.25) is 0 Å². The monoisotopic (exact) mass is 223 g/mol. The molecule has 0 aliphatic carbocycles. The molecule has 0 fully saturated rings. The Bertz CT molecular complexity index is 380. The first-order valence-corrected chi connectivity index (χ1v) is 5.72. The lowest BCUT2D eigenvalue weighted by molar-refractivity contribution is 0.0950. The van der Waals surface area contributed by atoms with Crippen LogP contribution in [0.25, 0.3) is 0 Å². The van der Waals surface area contributed by atoms with Crippen molar-refractivity contribution in [2.75, 3.05) is 6.54 Å². The molecule has 0 radical (unpaired) electrons. The molecule has 0 saturated carbocycles. The summed E-state index contributed by atoms with van der Waals surface area (Å²) in [5.74, 6) is 0.597. The molecule has 90 valence electrons. The summed E-state index contributed by atoms with van der Waals surface area (Å²) in [4.78, 5) is 11.9. The summed E-state index contributed by atoms with van der Waals surface area (Å²) in [5.41, 5.74) is 2.42. The number of hydrogen-bond acceptors (Lipinski definition) is 2.